The number of hydrogen-bond acceptors (Lipinski definition) is 2. The number of hydrogen-bond donors (Lipinski definition) is 1. The maximum Gasteiger partial charge on any atom is 0.0534 e. The van der Waals surface area contributed by atoms with Gasteiger partial charge in [0.05, 0.1) is 6.54 Å². The largest absolute Gasteiger partial charge is 0.312 e. The average molecular weight is 320 g/mol. The number of nitrogens with zero attached hydrogens (tertiary/aromatic N) is 2. The first-order valence-electron chi connectivity index (χ1n) is 6.79. The van der Waals surface area contributed by atoms with E-state index in [1.807, 2.05) is 23.1 Å². The molecule has 1 aliphatic carbocycles. The van der Waals surface area contributed by atoms with Gasteiger partial charge in [-0.05, 0) is 48.6 Å². The second-order valence-electron chi connectivity index (χ2n) is 5.08. The van der Waals surface area contributed by atoms with Gasteiger partial charge in [0.2, 0.25) is 0 Å². The molecule has 1 aliphatic rings. The molecule has 1 N–H and O–H groups in total. The quantitative estimate of drug-likeness (QED) is 0.939. The predicted molar refractivity (Wildman–Crippen MR) is 80.2 cm³/mol. The minimum Gasteiger partial charge on any atom is -0.312 e. The predicted octanol–water partition coefficient (Wildman–Crippen LogP) is 2.79. The first-order valence-corrected chi connectivity index (χ1v) is 7.59. The Hall–Kier alpha value is -1.13. The van der Waals surface area contributed by atoms with Crippen molar-refractivity contribution >= 4 is 15.9 Å². The molecule has 1 aromatic heterocycles. The normalized spacial score (nSPS) is 18.3. The van der Waals surface area contributed by atoms with Crippen molar-refractivity contribution in [2.75, 3.05) is 6.54 Å². The molecule has 2 aromatic rings. The van der Waals surface area contributed by atoms with Gasteiger partial charge < -0.3 is 5.32 Å². The smallest absolute Gasteiger partial charge is 0.0534 e. The van der Waals surface area contributed by atoms with Gasteiger partial charge in [0, 0.05) is 29.5 Å². The summed E-state index contributed by atoms with van der Waals surface area (Å²) in [5.74, 6) is 0. The Balaban J connectivity index is 1.53. The van der Waals surface area contributed by atoms with Gasteiger partial charge in [-0.3, -0.25) is 4.68 Å². The zero-order valence-electron chi connectivity index (χ0n) is 10.8. The zero-order chi connectivity index (χ0) is 13.1. The molecule has 0 saturated heterocycles. The van der Waals surface area contributed by atoms with Gasteiger partial charge >= 0.3 is 0 Å². The fourth-order valence-electron chi connectivity index (χ4n) is 2.71. The summed E-state index contributed by atoms with van der Waals surface area (Å²) in [4.78, 5) is 0. The van der Waals surface area contributed by atoms with Crippen molar-refractivity contribution < 1.29 is 0 Å². The molecule has 0 bridgehead atoms. The van der Waals surface area contributed by atoms with Crippen LogP contribution < -0.4 is 5.32 Å². The number of fused-ring (bicyclic) bond motifs is 1. The highest BCUT2D eigenvalue weighted by Gasteiger charge is 2.17. The van der Waals surface area contributed by atoms with E-state index in [-0.39, 0.29) is 0 Å². The fourth-order valence-corrected chi connectivity index (χ4v) is 3.12. The molecule has 1 atom stereocenters. The van der Waals surface area contributed by atoms with E-state index in [2.05, 4.69) is 44.5 Å². The van der Waals surface area contributed by atoms with E-state index in [4.69, 9.17) is 0 Å². The zero-order valence-corrected chi connectivity index (χ0v) is 12.4. The molecule has 0 aliphatic heterocycles. The number of aryl methyl sites for hydroxylation is 1. The van der Waals surface area contributed by atoms with E-state index in [1.165, 1.54) is 28.4 Å². The van der Waals surface area contributed by atoms with Crippen LogP contribution in [0.1, 0.15) is 17.5 Å². The Kier molecular flexibility index (Phi) is 3.99. The highest BCUT2D eigenvalue weighted by atomic mass is 79.9. The minimum atomic E-state index is 0.601. The molecule has 1 unspecified atom stereocenters. The van der Waals surface area contributed by atoms with Crippen molar-refractivity contribution in [3.8, 4) is 0 Å². The van der Waals surface area contributed by atoms with E-state index >= 15 is 0 Å². The third kappa shape index (κ3) is 3.25. The molecular formula is C15H18BrN3. The van der Waals surface area contributed by atoms with Gasteiger partial charge in [-0.15, -0.1) is 0 Å². The maximum absolute atomic E-state index is 4.22. The lowest BCUT2D eigenvalue weighted by Gasteiger charge is -2.25. The van der Waals surface area contributed by atoms with Crippen molar-refractivity contribution in [2.24, 2.45) is 0 Å². The Labute approximate surface area is 122 Å². The molecule has 4 heteroatoms. The van der Waals surface area contributed by atoms with Crippen LogP contribution in [-0.4, -0.2) is 22.4 Å². The van der Waals surface area contributed by atoms with Gasteiger partial charge in [0.25, 0.3) is 0 Å². The second kappa shape index (κ2) is 5.88. The van der Waals surface area contributed by atoms with Crippen molar-refractivity contribution in [2.45, 2.75) is 31.8 Å². The molecule has 19 heavy (non-hydrogen) atoms. The van der Waals surface area contributed by atoms with E-state index in [1.54, 1.807) is 0 Å². The molecular weight excluding hydrogens is 302 g/mol. The number of nitrogens with one attached hydrogen (secondary N) is 1. The van der Waals surface area contributed by atoms with E-state index < -0.39 is 0 Å². The van der Waals surface area contributed by atoms with Crippen molar-refractivity contribution in [3.05, 3.63) is 52.3 Å². The second-order valence-corrected chi connectivity index (χ2v) is 5.99. The molecule has 0 saturated carbocycles. The van der Waals surface area contributed by atoms with E-state index in [0.29, 0.717) is 6.04 Å². The Bertz CT molecular complexity index is 536. The van der Waals surface area contributed by atoms with Gasteiger partial charge in [-0.1, -0.05) is 22.0 Å². The third-order valence-electron chi connectivity index (χ3n) is 3.73. The average Bonchev–Trinajstić information content (AvgIpc) is 2.92. The summed E-state index contributed by atoms with van der Waals surface area (Å²) in [6.07, 6.45) is 7.38. The Morgan fingerprint density at radius 3 is 3.16 bits per heavy atom. The third-order valence-corrected chi connectivity index (χ3v) is 4.22. The van der Waals surface area contributed by atoms with Crippen molar-refractivity contribution in [3.63, 3.8) is 0 Å². The monoisotopic (exact) mass is 319 g/mol. The summed E-state index contributed by atoms with van der Waals surface area (Å²) in [7, 11) is 0. The first kappa shape index (κ1) is 12.9. The molecule has 0 spiro atoms. The fraction of sp³-hybridized carbons (Fsp3) is 0.400. The molecule has 1 aromatic carbocycles. The summed E-state index contributed by atoms with van der Waals surface area (Å²) in [6.45, 7) is 1.93. The van der Waals surface area contributed by atoms with Crippen LogP contribution in [0.15, 0.2) is 41.1 Å². The molecule has 0 fully saturated rings. The first-order chi connectivity index (χ1) is 9.31. The number of aromatic nitrogens is 2. The van der Waals surface area contributed by atoms with Crippen molar-refractivity contribution in [1.82, 2.24) is 15.1 Å². The van der Waals surface area contributed by atoms with Crippen LogP contribution in [0, 0.1) is 0 Å². The summed E-state index contributed by atoms with van der Waals surface area (Å²) < 4.78 is 3.16. The van der Waals surface area contributed by atoms with Crippen LogP contribution in [-0.2, 0) is 19.4 Å². The van der Waals surface area contributed by atoms with Crippen LogP contribution in [0.4, 0.5) is 0 Å². The van der Waals surface area contributed by atoms with Crippen LogP contribution in [0.5, 0.6) is 0 Å². The molecule has 3 nitrogen and oxygen atoms in total. The minimum absolute atomic E-state index is 0.601. The molecule has 0 radical (unpaired) electrons. The van der Waals surface area contributed by atoms with Gasteiger partial charge in [0.1, 0.15) is 0 Å². The van der Waals surface area contributed by atoms with Crippen LogP contribution in [0.3, 0.4) is 0 Å². The highest BCUT2D eigenvalue weighted by molar-refractivity contribution is 9.10. The van der Waals surface area contributed by atoms with Crippen molar-refractivity contribution in [1.29, 1.82) is 0 Å². The van der Waals surface area contributed by atoms with Gasteiger partial charge in [-0.25, -0.2) is 0 Å². The SMILES string of the molecule is Brc1ccc2c(c1)CCC(NCCn1cccn1)C2. The lowest BCUT2D eigenvalue weighted by molar-refractivity contribution is 0.435. The summed E-state index contributed by atoms with van der Waals surface area (Å²) in [5.41, 5.74) is 2.99. The highest BCUT2D eigenvalue weighted by Crippen LogP contribution is 2.24. The van der Waals surface area contributed by atoms with Crippen LogP contribution in [0.2, 0.25) is 0 Å². The maximum atomic E-state index is 4.22. The molecule has 1 heterocycles. The number of benzene rings is 1. The van der Waals surface area contributed by atoms with Gasteiger partial charge in [0.15, 0.2) is 0 Å². The Morgan fingerprint density at radius 1 is 1.37 bits per heavy atom. The number of halogens is 1. The molecule has 0 amide bonds. The topological polar surface area (TPSA) is 29.9 Å². The standard InChI is InChI=1S/C15H18BrN3/c16-14-4-2-13-11-15(5-3-12(13)10-14)17-7-9-19-8-1-6-18-19/h1-2,4,6,8,10,15,17H,3,5,7,9,11H2. The van der Waals surface area contributed by atoms with Gasteiger partial charge in [-0.2, -0.15) is 5.10 Å². The summed E-state index contributed by atoms with van der Waals surface area (Å²) in [5, 5.41) is 7.86. The number of rotatable bonds is 4. The van der Waals surface area contributed by atoms with Crippen LogP contribution in [0.25, 0.3) is 0 Å². The molecule has 100 valence electrons. The van der Waals surface area contributed by atoms with E-state index in [0.717, 1.165) is 19.5 Å². The van der Waals surface area contributed by atoms with Crippen LogP contribution >= 0.6 is 15.9 Å². The Morgan fingerprint density at radius 2 is 2.32 bits per heavy atom. The lowest BCUT2D eigenvalue weighted by Crippen LogP contribution is -2.36. The summed E-state index contributed by atoms with van der Waals surface area (Å²) in [6, 6.07) is 9.22. The summed E-state index contributed by atoms with van der Waals surface area (Å²) >= 11 is 3.54. The lowest BCUT2D eigenvalue weighted by atomic mass is 9.88. The van der Waals surface area contributed by atoms with E-state index in [9.17, 15) is 0 Å². The molecule has 3 rings (SSSR count).